The van der Waals surface area contributed by atoms with E-state index in [9.17, 15) is 18.0 Å². The van der Waals surface area contributed by atoms with Crippen LogP contribution in [0.4, 0.5) is 18.9 Å². The van der Waals surface area contributed by atoms with Gasteiger partial charge in [0.25, 0.3) is 5.91 Å². The van der Waals surface area contributed by atoms with E-state index in [1.54, 1.807) is 42.6 Å². The number of nitrogens with zero attached hydrogens (tertiary/aromatic N) is 2. The number of rotatable bonds is 3. The molecule has 0 saturated heterocycles. The zero-order valence-electron chi connectivity index (χ0n) is 15.1. The Morgan fingerprint density at radius 1 is 1.07 bits per heavy atom. The molecule has 1 N–H and O–H groups in total. The van der Waals surface area contributed by atoms with E-state index in [1.165, 1.54) is 19.1 Å². The first kappa shape index (κ1) is 18.7. The average molecular weight is 397 g/mol. The Hall–Kier alpha value is -3.68. The fourth-order valence-corrected chi connectivity index (χ4v) is 2.86. The van der Waals surface area contributed by atoms with Crippen LogP contribution in [0.3, 0.4) is 0 Å². The topological polar surface area (TPSA) is 68.0 Å². The molecule has 1 amide bonds. The fraction of sp³-hybridized carbons (Fsp3) is 0.0952. The molecule has 5 nitrogen and oxygen atoms in total. The Morgan fingerprint density at radius 2 is 1.83 bits per heavy atom. The standard InChI is InChI=1S/C21H14F3N3O2/c1-12-4-5-14(11-16(12)21(22,23)24)19(28)26-15-8-6-13(7-9-15)20-27-18-17(29-20)3-2-10-25-18/h2-11H,1H3,(H,26,28). The molecule has 2 aromatic carbocycles. The molecule has 0 bridgehead atoms. The van der Waals surface area contributed by atoms with Gasteiger partial charge in [-0.2, -0.15) is 18.2 Å². The molecule has 29 heavy (non-hydrogen) atoms. The summed E-state index contributed by atoms with van der Waals surface area (Å²) in [7, 11) is 0. The van der Waals surface area contributed by atoms with Crippen molar-refractivity contribution in [3.8, 4) is 11.5 Å². The van der Waals surface area contributed by atoms with E-state index in [0.717, 1.165) is 6.07 Å². The highest BCUT2D eigenvalue weighted by atomic mass is 19.4. The van der Waals surface area contributed by atoms with Gasteiger partial charge in [-0.25, -0.2) is 4.98 Å². The molecule has 0 radical (unpaired) electrons. The van der Waals surface area contributed by atoms with Crippen LogP contribution in [0.15, 0.2) is 65.2 Å². The van der Waals surface area contributed by atoms with Crippen LogP contribution in [0.2, 0.25) is 0 Å². The van der Waals surface area contributed by atoms with Gasteiger partial charge in [0.05, 0.1) is 5.56 Å². The van der Waals surface area contributed by atoms with Crippen molar-refractivity contribution in [1.82, 2.24) is 9.97 Å². The minimum Gasteiger partial charge on any atom is -0.434 e. The van der Waals surface area contributed by atoms with Gasteiger partial charge in [-0.05, 0) is 61.0 Å². The van der Waals surface area contributed by atoms with Gasteiger partial charge in [-0.15, -0.1) is 0 Å². The van der Waals surface area contributed by atoms with Crippen LogP contribution in [-0.2, 0) is 6.18 Å². The number of amides is 1. The predicted molar refractivity (Wildman–Crippen MR) is 101 cm³/mol. The maximum atomic E-state index is 13.1. The number of aryl methyl sites for hydroxylation is 1. The van der Waals surface area contributed by atoms with Crippen molar-refractivity contribution in [3.63, 3.8) is 0 Å². The highest BCUT2D eigenvalue weighted by Crippen LogP contribution is 2.32. The molecule has 146 valence electrons. The van der Waals surface area contributed by atoms with Crippen molar-refractivity contribution in [1.29, 1.82) is 0 Å². The van der Waals surface area contributed by atoms with Crippen molar-refractivity contribution in [2.24, 2.45) is 0 Å². The minimum absolute atomic E-state index is 0.0613. The number of halogens is 3. The van der Waals surface area contributed by atoms with Crippen LogP contribution in [0.5, 0.6) is 0 Å². The number of carbonyl (C=O) groups excluding carboxylic acids is 1. The maximum absolute atomic E-state index is 13.1. The van der Waals surface area contributed by atoms with Gasteiger partial charge in [0.1, 0.15) is 0 Å². The zero-order chi connectivity index (χ0) is 20.6. The molecule has 0 atom stereocenters. The SMILES string of the molecule is Cc1ccc(C(=O)Nc2ccc(-c3nc4ncccc4o3)cc2)cc1C(F)(F)F. The maximum Gasteiger partial charge on any atom is 0.416 e. The predicted octanol–water partition coefficient (Wildman–Crippen LogP) is 5.47. The lowest BCUT2D eigenvalue weighted by Gasteiger charge is -2.12. The van der Waals surface area contributed by atoms with Crippen molar-refractivity contribution in [2.45, 2.75) is 13.1 Å². The van der Waals surface area contributed by atoms with E-state index < -0.39 is 17.6 Å². The van der Waals surface area contributed by atoms with Gasteiger partial charge in [0.15, 0.2) is 11.2 Å². The Labute approximate surface area is 163 Å². The summed E-state index contributed by atoms with van der Waals surface area (Å²) in [6.07, 6.45) is -2.90. The van der Waals surface area contributed by atoms with Crippen LogP contribution in [0.1, 0.15) is 21.5 Å². The number of hydrogen-bond acceptors (Lipinski definition) is 4. The lowest BCUT2D eigenvalue weighted by atomic mass is 10.0. The lowest BCUT2D eigenvalue weighted by Crippen LogP contribution is -2.15. The van der Waals surface area contributed by atoms with Gasteiger partial charge < -0.3 is 9.73 Å². The third-order valence-electron chi connectivity index (χ3n) is 4.36. The number of nitrogens with one attached hydrogen (secondary N) is 1. The quantitative estimate of drug-likeness (QED) is 0.498. The second-order valence-electron chi connectivity index (χ2n) is 6.40. The Balaban J connectivity index is 1.54. The van der Waals surface area contributed by atoms with Gasteiger partial charge in [0.2, 0.25) is 5.89 Å². The van der Waals surface area contributed by atoms with E-state index in [0.29, 0.717) is 28.4 Å². The first-order chi connectivity index (χ1) is 13.8. The fourth-order valence-electron chi connectivity index (χ4n) is 2.86. The summed E-state index contributed by atoms with van der Waals surface area (Å²) in [6.45, 7) is 1.35. The number of benzene rings is 2. The van der Waals surface area contributed by atoms with E-state index in [1.807, 2.05) is 0 Å². The lowest BCUT2D eigenvalue weighted by molar-refractivity contribution is -0.138. The number of aromatic nitrogens is 2. The van der Waals surface area contributed by atoms with Gasteiger partial charge >= 0.3 is 6.18 Å². The van der Waals surface area contributed by atoms with Crippen molar-refractivity contribution in [2.75, 3.05) is 5.32 Å². The monoisotopic (exact) mass is 397 g/mol. The highest BCUT2D eigenvalue weighted by molar-refractivity contribution is 6.04. The molecular weight excluding hydrogens is 383 g/mol. The molecule has 0 spiro atoms. The van der Waals surface area contributed by atoms with E-state index >= 15 is 0 Å². The molecule has 4 aromatic rings. The van der Waals surface area contributed by atoms with Crippen LogP contribution in [-0.4, -0.2) is 15.9 Å². The summed E-state index contributed by atoms with van der Waals surface area (Å²) >= 11 is 0. The molecular formula is C21H14F3N3O2. The normalized spacial score (nSPS) is 11.6. The number of pyridine rings is 1. The van der Waals surface area contributed by atoms with Gasteiger partial charge in [-0.1, -0.05) is 6.07 Å². The van der Waals surface area contributed by atoms with Crippen LogP contribution in [0, 0.1) is 6.92 Å². The van der Waals surface area contributed by atoms with Gasteiger partial charge in [-0.3, -0.25) is 4.79 Å². The largest absolute Gasteiger partial charge is 0.434 e. The summed E-state index contributed by atoms with van der Waals surface area (Å²) in [5, 5.41) is 2.59. The number of hydrogen-bond donors (Lipinski definition) is 1. The second-order valence-corrected chi connectivity index (χ2v) is 6.40. The van der Waals surface area contributed by atoms with Crippen molar-refractivity contribution < 1.29 is 22.4 Å². The molecule has 0 aliphatic heterocycles. The highest BCUT2D eigenvalue weighted by Gasteiger charge is 2.33. The average Bonchev–Trinajstić information content (AvgIpc) is 3.12. The zero-order valence-corrected chi connectivity index (χ0v) is 15.1. The van der Waals surface area contributed by atoms with E-state index in [4.69, 9.17) is 4.42 Å². The summed E-state index contributed by atoms with van der Waals surface area (Å²) in [6, 6.07) is 13.6. The van der Waals surface area contributed by atoms with Crippen LogP contribution < -0.4 is 5.32 Å². The minimum atomic E-state index is -4.52. The van der Waals surface area contributed by atoms with E-state index in [-0.39, 0.29) is 11.1 Å². The number of anilines is 1. The van der Waals surface area contributed by atoms with E-state index in [2.05, 4.69) is 15.3 Å². The Bertz CT molecular complexity index is 1160. The molecule has 2 aromatic heterocycles. The molecule has 2 heterocycles. The second kappa shape index (κ2) is 7.05. The first-order valence-corrected chi connectivity index (χ1v) is 8.62. The van der Waals surface area contributed by atoms with Crippen LogP contribution in [0.25, 0.3) is 22.7 Å². The Kier molecular flexibility index (Phi) is 4.54. The number of fused-ring (bicyclic) bond motifs is 1. The van der Waals surface area contributed by atoms with Crippen molar-refractivity contribution >= 4 is 22.8 Å². The molecule has 4 rings (SSSR count). The molecule has 0 fully saturated rings. The smallest absolute Gasteiger partial charge is 0.416 e. The molecule has 8 heteroatoms. The third-order valence-corrected chi connectivity index (χ3v) is 4.36. The molecule has 0 aliphatic rings. The summed E-state index contributed by atoms with van der Waals surface area (Å²) in [4.78, 5) is 20.8. The van der Waals surface area contributed by atoms with Gasteiger partial charge in [0, 0.05) is 23.0 Å². The third kappa shape index (κ3) is 3.82. The number of alkyl halides is 3. The summed E-state index contributed by atoms with van der Waals surface area (Å²) < 4.78 is 44.8. The molecule has 0 aliphatic carbocycles. The Morgan fingerprint density at radius 3 is 2.52 bits per heavy atom. The molecule has 0 unspecified atom stereocenters. The number of oxazole rings is 1. The summed E-state index contributed by atoms with van der Waals surface area (Å²) in [5.74, 6) is -0.251. The molecule has 0 saturated carbocycles. The van der Waals surface area contributed by atoms with Crippen LogP contribution >= 0.6 is 0 Å². The van der Waals surface area contributed by atoms with Crippen molar-refractivity contribution in [3.05, 3.63) is 77.5 Å². The first-order valence-electron chi connectivity index (χ1n) is 8.62. The summed E-state index contributed by atoms with van der Waals surface area (Å²) in [5.41, 5.74) is 1.31. The number of carbonyl (C=O) groups is 1.